The molecule has 2 amide bonds. The molecule has 6 heteroatoms. The Bertz CT molecular complexity index is 974. The molecule has 3 N–H and O–H groups in total. The summed E-state index contributed by atoms with van der Waals surface area (Å²) in [6.45, 7) is 0.518. The molecule has 0 saturated heterocycles. The highest BCUT2D eigenvalue weighted by Gasteiger charge is 2.09. The van der Waals surface area contributed by atoms with E-state index in [2.05, 4.69) is 16.0 Å². The second-order valence-electron chi connectivity index (χ2n) is 6.35. The largest absolute Gasteiger partial charge is 0.495 e. The zero-order valence-corrected chi connectivity index (χ0v) is 16.1. The maximum absolute atomic E-state index is 12.4. The number of hydrogen-bond acceptors (Lipinski definition) is 4. The van der Waals surface area contributed by atoms with Crippen LogP contribution in [0.2, 0.25) is 0 Å². The first-order chi connectivity index (χ1) is 14.2. The van der Waals surface area contributed by atoms with Crippen LogP contribution in [0.4, 0.5) is 11.4 Å². The number of benzene rings is 3. The van der Waals surface area contributed by atoms with E-state index in [1.165, 1.54) is 0 Å². The Morgan fingerprint density at radius 1 is 0.897 bits per heavy atom. The topological polar surface area (TPSA) is 79.5 Å². The fourth-order valence-electron chi connectivity index (χ4n) is 2.79. The summed E-state index contributed by atoms with van der Waals surface area (Å²) in [7, 11) is 1.58. The molecule has 29 heavy (non-hydrogen) atoms. The van der Waals surface area contributed by atoms with Gasteiger partial charge in [-0.3, -0.25) is 9.59 Å². The van der Waals surface area contributed by atoms with Crippen molar-refractivity contribution < 1.29 is 14.3 Å². The summed E-state index contributed by atoms with van der Waals surface area (Å²) in [6, 6.07) is 23.9. The molecule has 148 valence electrons. The van der Waals surface area contributed by atoms with Crippen LogP contribution in [0.1, 0.15) is 15.9 Å². The van der Waals surface area contributed by atoms with Crippen LogP contribution < -0.4 is 20.7 Å². The van der Waals surface area contributed by atoms with Gasteiger partial charge in [0.15, 0.2) is 0 Å². The highest BCUT2D eigenvalue weighted by atomic mass is 16.5. The third kappa shape index (κ3) is 5.84. The molecule has 3 aromatic rings. The molecule has 0 aliphatic rings. The van der Waals surface area contributed by atoms with Crippen molar-refractivity contribution in [3.05, 3.63) is 90.0 Å². The summed E-state index contributed by atoms with van der Waals surface area (Å²) in [5.41, 5.74) is 2.80. The lowest BCUT2D eigenvalue weighted by atomic mass is 10.1. The molecule has 0 aromatic heterocycles. The first-order valence-corrected chi connectivity index (χ1v) is 9.24. The zero-order valence-electron chi connectivity index (χ0n) is 16.1. The van der Waals surface area contributed by atoms with Crippen LogP contribution in [-0.2, 0) is 11.3 Å². The SMILES string of the molecule is COc1ccccc1NCC(=O)Nc1cccc(C(=O)NCc2ccccc2)c1. The van der Waals surface area contributed by atoms with E-state index < -0.39 is 0 Å². The lowest BCUT2D eigenvalue weighted by molar-refractivity contribution is -0.114. The number of carbonyl (C=O) groups is 2. The standard InChI is InChI=1S/C23H23N3O3/c1-29-21-13-6-5-12-20(21)24-16-22(27)26-19-11-7-10-18(14-19)23(28)25-15-17-8-3-2-4-9-17/h2-14,24H,15-16H2,1H3,(H,25,28)(H,26,27). The van der Waals surface area contributed by atoms with Gasteiger partial charge in [0.05, 0.1) is 19.3 Å². The van der Waals surface area contributed by atoms with Gasteiger partial charge < -0.3 is 20.7 Å². The summed E-state index contributed by atoms with van der Waals surface area (Å²) in [5, 5.41) is 8.72. The second-order valence-corrected chi connectivity index (χ2v) is 6.35. The molecule has 0 fully saturated rings. The molecule has 0 spiro atoms. The van der Waals surface area contributed by atoms with E-state index in [4.69, 9.17) is 4.74 Å². The summed E-state index contributed by atoms with van der Waals surface area (Å²) in [5.74, 6) is 0.243. The molecule has 0 aliphatic heterocycles. The number of nitrogens with one attached hydrogen (secondary N) is 3. The molecule has 0 aliphatic carbocycles. The van der Waals surface area contributed by atoms with Crippen LogP contribution in [0.3, 0.4) is 0 Å². The van der Waals surface area contributed by atoms with Gasteiger partial charge in [0.1, 0.15) is 5.75 Å². The van der Waals surface area contributed by atoms with Gasteiger partial charge in [-0.05, 0) is 35.9 Å². The summed E-state index contributed by atoms with van der Waals surface area (Å²) >= 11 is 0. The minimum absolute atomic E-state index is 0.0742. The minimum atomic E-state index is -0.224. The van der Waals surface area contributed by atoms with Crippen molar-refractivity contribution in [1.29, 1.82) is 0 Å². The normalized spacial score (nSPS) is 10.1. The Morgan fingerprint density at radius 3 is 2.45 bits per heavy atom. The maximum atomic E-state index is 12.4. The Kier molecular flexibility index (Phi) is 6.84. The van der Waals surface area contributed by atoms with Crippen LogP contribution in [0.5, 0.6) is 5.75 Å². The van der Waals surface area contributed by atoms with Crippen LogP contribution in [0.15, 0.2) is 78.9 Å². The van der Waals surface area contributed by atoms with E-state index in [-0.39, 0.29) is 18.4 Å². The van der Waals surface area contributed by atoms with Crippen LogP contribution in [-0.4, -0.2) is 25.5 Å². The van der Waals surface area contributed by atoms with Crippen molar-refractivity contribution in [2.45, 2.75) is 6.54 Å². The number of amides is 2. The molecule has 3 rings (SSSR count). The highest BCUT2D eigenvalue weighted by molar-refractivity contribution is 5.98. The van der Waals surface area contributed by atoms with E-state index in [1.54, 1.807) is 31.4 Å². The second kappa shape index (κ2) is 9.94. The van der Waals surface area contributed by atoms with E-state index in [1.807, 2.05) is 54.6 Å². The van der Waals surface area contributed by atoms with Crippen molar-refractivity contribution in [2.24, 2.45) is 0 Å². The van der Waals surface area contributed by atoms with Gasteiger partial charge in [0.25, 0.3) is 5.91 Å². The quantitative estimate of drug-likeness (QED) is 0.549. The molecule has 0 atom stereocenters. The van der Waals surface area contributed by atoms with Crippen molar-refractivity contribution in [3.63, 3.8) is 0 Å². The molecule has 0 radical (unpaired) electrons. The minimum Gasteiger partial charge on any atom is -0.495 e. The number of rotatable bonds is 8. The molecule has 3 aromatic carbocycles. The average molecular weight is 389 g/mol. The van der Waals surface area contributed by atoms with E-state index in [9.17, 15) is 9.59 Å². The molecular formula is C23H23N3O3. The lowest BCUT2D eigenvalue weighted by Gasteiger charge is -2.11. The van der Waals surface area contributed by atoms with Crippen molar-refractivity contribution in [3.8, 4) is 5.75 Å². The van der Waals surface area contributed by atoms with E-state index in [0.29, 0.717) is 23.5 Å². The fraction of sp³-hybridized carbons (Fsp3) is 0.130. The first kappa shape index (κ1) is 19.9. The zero-order chi connectivity index (χ0) is 20.5. The van der Waals surface area contributed by atoms with Crippen LogP contribution in [0.25, 0.3) is 0 Å². The highest BCUT2D eigenvalue weighted by Crippen LogP contribution is 2.22. The molecule has 0 unspecified atom stereocenters. The predicted molar refractivity (Wildman–Crippen MR) is 114 cm³/mol. The monoisotopic (exact) mass is 389 g/mol. The van der Waals surface area contributed by atoms with Crippen molar-refractivity contribution in [2.75, 3.05) is 24.3 Å². The Hall–Kier alpha value is -3.80. The van der Waals surface area contributed by atoms with Gasteiger partial charge in [0.2, 0.25) is 5.91 Å². The number of methoxy groups -OCH3 is 1. The molecule has 6 nitrogen and oxygen atoms in total. The van der Waals surface area contributed by atoms with Crippen LogP contribution >= 0.6 is 0 Å². The van der Waals surface area contributed by atoms with Crippen molar-refractivity contribution >= 4 is 23.2 Å². The van der Waals surface area contributed by atoms with Gasteiger partial charge in [-0.25, -0.2) is 0 Å². The number of carbonyl (C=O) groups excluding carboxylic acids is 2. The third-order valence-electron chi connectivity index (χ3n) is 4.25. The Labute approximate surface area is 169 Å². The first-order valence-electron chi connectivity index (χ1n) is 9.24. The molecule has 0 heterocycles. The molecular weight excluding hydrogens is 366 g/mol. The smallest absolute Gasteiger partial charge is 0.251 e. The molecule has 0 bridgehead atoms. The van der Waals surface area contributed by atoms with Crippen molar-refractivity contribution in [1.82, 2.24) is 5.32 Å². The fourth-order valence-corrected chi connectivity index (χ4v) is 2.79. The Morgan fingerprint density at radius 2 is 1.66 bits per heavy atom. The number of ether oxygens (including phenoxy) is 1. The predicted octanol–water partition coefficient (Wildman–Crippen LogP) is 3.68. The number of anilines is 2. The van der Waals surface area contributed by atoms with E-state index >= 15 is 0 Å². The van der Waals surface area contributed by atoms with Gasteiger partial charge >= 0.3 is 0 Å². The van der Waals surface area contributed by atoms with Gasteiger partial charge in [0, 0.05) is 17.8 Å². The van der Waals surface area contributed by atoms with E-state index in [0.717, 1.165) is 11.3 Å². The Balaban J connectivity index is 1.54. The maximum Gasteiger partial charge on any atom is 0.251 e. The lowest BCUT2D eigenvalue weighted by Crippen LogP contribution is -2.24. The van der Waals surface area contributed by atoms with Crippen LogP contribution in [0, 0.1) is 0 Å². The van der Waals surface area contributed by atoms with Gasteiger partial charge in [-0.1, -0.05) is 48.5 Å². The van der Waals surface area contributed by atoms with Gasteiger partial charge in [-0.2, -0.15) is 0 Å². The number of hydrogen-bond donors (Lipinski definition) is 3. The average Bonchev–Trinajstić information content (AvgIpc) is 2.77. The molecule has 0 saturated carbocycles. The number of para-hydroxylation sites is 2. The summed E-state index contributed by atoms with van der Waals surface area (Å²) in [6.07, 6.45) is 0. The third-order valence-corrected chi connectivity index (χ3v) is 4.25. The summed E-state index contributed by atoms with van der Waals surface area (Å²) < 4.78 is 5.25. The van der Waals surface area contributed by atoms with Gasteiger partial charge in [-0.15, -0.1) is 0 Å². The summed E-state index contributed by atoms with van der Waals surface area (Å²) in [4.78, 5) is 24.6.